The molecule has 0 unspecified atom stereocenters. The molecule has 1 aliphatic heterocycles. The van der Waals surface area contributed by atoms with Gasteiger partial charge in [-0.05, 0) is 54.4 Å². The third-order valence-corrected chi connectivity index (χ3v) is 9.38. The van der Waals surface area contributed by atoms with Crippen molar-refractivity contribution in [2.45, 2.75) is 13.0 Å². The highest BCUT2D eigenvalue weighted by Gasteiger charge is 2.21. The molecule has 0 atom stereocenters. The number of halogens is 2. The molecular formula is C37H36F2N8O2S. The maximum atomic E-state index is 14.3. The fourth-order valence-electron chi connectivity index (χ4n) is 6.17. The van der Waals surface area contributed by atoms with Gasteiger partial charge in [0.15, 0.2) is 4.96 Å². The number of carbonyl (C=O) groups is 1. The van der Waals surface area contributed by atoms with E-state index in [1.54, 1.807) is 31.5 Å². The molecule has 4 heterocycles. The zero-order valence-corrected chi connectivity index (χ0v) is 28.3. The largest absolute Gasteiger partial charge is 0.385 e. The van der Waals surface area contributed by atoms with Crippen LogP contribution in [0.15, 0.2) is 90.6 Å². The van der Waals surface area contributed by atoms with Crippen LogP contribution >= 0.6 is 11.3 Å². The van der Waals surface area contributed by atoms with E-state index in [0.717, 1.165) is 80.8 Å². The first-order valence-corrected chi connectivity index (χ1v) is 17.3. The second kappa shape index (κ2) is 15.2. The Morgan fingerprint density at radius 3 is 2.50 bits per heavy atom. The molecule has 0 radical (unpaired) electrons. The van der Waals surface area contributed by atoms with Crippen LogP contribution in [0.5, 0.6) is 0 Å². The Bertz CT molecular complexity index is 2090. The number of piperazine rings is 1. The summed E-state index contributed by atoms with van der Waals surface area (Å²) in [5.41, 5.74) is 4.54. The third-order valence-electron chi connectivity index (χ3n) is 8.62. The molecule has 0 bridgehead atoms. The molecule has 13 heteroatoms. The SMILES string of the molecule is COCCCN1CCN(Cc2cccc(Nc3nccc(-c4c(-c5cccc(NC(=O)c6c(F)cccc6F)c5)nc5sccn45)n3)c2)CC1. The number of anilines is 3. The first-order chi connectivity index (χ1) is 24.4. The molecule has 0 aliphatic carbocycles. The van der Waals surface area contributed by atoms with E-state index in [1.165, 1.54) is 23.0 Å². The zero-order valence-electron chi connectivity index (χ0n) is 27.5. The number of hydrogen-bond donors (Lipinski definition) is 2. The third kappa shape index (κ3) is 7.55. The van der Waals surface area contributed by atoms with E-state index in [9.17, 15) is 13.6 Å². The minimum atomic E-state index is -0.932. The number of amides is 1. The van der Waals surface area contributed by atoms with E-state index >= 15 is 0 Å². The first kappa shape index (κ1) is 33.4. The van der Waals surface area contributed by atoms with Gasteiger partial charge < -0.3 is 20.3 Å². The van der Waals surface area contributed by atoms with Gasteiger partial charge in [-0.2, -0.15) is 0 Å². The molecule has 1 aliphatic rings. The quantitative estimate of drug-likeness (QED) is 0.133. The number of carbonyl (C=O) groups excluding carboxylic acids is 1. The summed E-state index contributed by atoms with van der Waals surface area (Å²) in [6.07, 6.45) is 4.69. The Morgan fingerprint density at radius 2 is 1.68 bits per heavy atom. The van der Waals surface area contributed by atoms with Gasteiger partial charge in [0.25, 0.3) is 5.91 Å². The molecule has 0 saturated carbocycles. The molecule has 6 aromatic rings. The van der Waals surface area contributed by atoms with E-state index in [1.807, 2.05) is 40.2 Å². The molecule has 0 spiro atoms. The first-order valence-electron chi connectivity index (χ1n) is 16.4. The second-order valence-electron chi connectivity index (χ2n) is 12.1. The standard InChI is InChI=1S/C37H36F2N8O2S/c1-49-20-5-14-45-15-17-46(18-16-45)24-25-6-2-8-27(22-25)42-36-40-13-12-31(43-36)34-33(44-37-47(34)19-21-50-37)26-7-3-9-28(23-26)41-35(48)32-29(38)10-4-11-30(32)39/h2-4,6-13,19,21-23H,5,14-18,20,24H2,1H3,(H,41,48)(H,40,42,43). The summed E-state index contributed by atoms with van der Waals surface area (Å²) in [7, 11) is 1.75. The normalized spacial score (nSPS) is 13.9. The van der Waals surface area contributed by atoms with Crippen molar-refractivity contribution < 1.29 is 18.3 Å². The van der Waals surface area contributed by atoms with Crippen molar-refractivity contribution in [2.24, 2.45) is 0 Å². The zero-order chi connectivity index (χ0) is 34.5. The highest BCUT2D eigenvalue weighted by atomic mass is 32.1. The smallest absolute Gasteiger partial charge is 0.261 e. The number of nitrogens with zero attached hydrogens (tertiary/aromatic N) is 6. The molecule has 50 heavy (non-hydrogen) atoms. The van der Waals surface area contributed by atoms with Crippen molar-refractivity contribution in [2.75, 3.05) is 57.1 Å². The van der Waals surface area contributed by atoms with Crippen molar-refractivity contribution >= 4 is 39.5 Å². The molecule has 256 valence electrons. The minimum absolute atomic E-state index is 0.367. The van der Waals surface area contributed by atoms with Crippen LogP contribution in [0.1, 0.15) is 22.3 Å². The van der Waals surface area contributed by atoms with Crippen LogP contribution < -0.4 is 10.6 Å². The van der Waals surface area contributed by atoms with E-state index in [0.29, 0.717) is 28.6 Å². The Balaban J connectivity index is 1.09. The summed E-state index contributed by atoms with van der Waals surface area (Å²) in [4.78, 5) is 32.8. The van der Waals surface area contributed by atoms with Gasteiger partial charge in [-0.25, -0.2) is 23.7 Å². The van der Waals surface area contributed by atoms with Crippen LogP contribution in [0.2, 0.25) is 0 Å². The number of nitrogens with one attached hydrogen (secondary N) is 2. The van der Waals surface area contributed by atoms with Gasteiger partial charge in [-0.1, -0.05) is 30.3 Å². The van der Waals surface area contributed by atoms with Crippen LogP contribution in [0, 0.1) is 11.6 Å². The van der Waals surface area contributed by atoms with E-state index in [2.05, 4.69) is 37.6 Å². The number of fused-ring (bicyclic) bond motifs is 1. The summed E-state index contributed by atoms with van der Waals surface area (Å²) >= 11 is 1.48. The van der Waals surface area contributed by atoms with Crippen molar-refractivity contribution in [3.05, 3.63) is 113 Å². The molecule has 3 aromatic heterocycles. The second-order valence-corrected chi connectivity index (χ2v) is 12.9. The van der Waals surface area contributed by atoms with Gasteiger partial charge >= 0.3 is 0 Å². The van der Waals surface area contributed by atoms with Crippen molar-refractivity contribution in [1.82, 2.24) is 29.2 Å². The van der Waals surface area contributed by atoms with E-state index in [-0.39, 0.29) is 0 Å². The Morgan fingerprint density at radius 1 is 0.920 bits per heavy atom. The van der Waals surface area contributed by atoms with Gasteiger partial charge in [-0.15, -0.1) is 11.3 Å². The Labute approximate surface area is 292 Å². The predicted octanol–water partition coefficient (Wildman–Crippen LogP) is 6.95. The van der Waals surface area contributed by atoms with Gasteiger partial charge in [0.1, 0.15) is 22.9 Å². The van der Waals surface area contributed by atoms with Crippen LogP contribution in [0.4, 0.5) is 26.1 Å². The van der Waals surface area contributed by atoms with Crippen LogP contribution in [0.3, 0.4) is 0 Å². The van der Waals surface area contributed by atoms with Crippen molar-refractivity contribution in [1.29, 1.82) is 0 Å². The number of hydrogen-bond acceptors (Lipinski definition) is 9. The lowest BCUT2D eigenvalue weighted by atomic mass is 10.1. The van der Waals surface area contributed by atoms with Crippen molar-refractivity contribution in [3.8, 4) is 22.6 Å². The van der Waals surface area contributed by atoms with Crippen molar-refractivity contribution in [3.63, 3.8) is 0 Å². The average Bonchev–Trinajstić information content (AvgIpc) is 3.72. The van der Waals surface area contributed by atoms with Gasteiger partial charge in [0.05, 0.1) is 11.4 Å². The number of ether oxygens (including phenoxy) is 1. The monoisotopic (exact) mass is 694 g/mol. The lowest BCUT2D eigenvalue weighted by molar-refractivity contribution is 0.101. The fourth-order valence-corrected chi connectivity index (χ4v) is 6.89. The topological polar surface area (TPSA) is 99.9 Å². The summed E-state index contributed by atoms with van der Waals surface area (Å²) < 4.78 is 35.7. The summed E-state index contributed by atoms with van der Waals surface area (Å²) in [5, 5.41) is 7.94. The summed E-state index contributed by atoms with van der Waals surface area (Å²) in [6, 6.07) is 20.5. The van der Waals surface area contributed by atoms with Crippen LogP contribution in [0.25, 0.3) is 27.6 Å². The van der Waals surface area contributed by atoms with Crippen LogP contribution in [-0.4, -0.2) is 81.5 Å². The predicted molar refractivity (Wildman–Crippen MR) is 192 cm³/mol. The van der Waals surface area contributed by atoms with E-state index in [4.69, 9.17) is 14.7 Å². The number of rotatable bonds is 12. The minimum Gasteiger partial charge on any atom is -0.385 e. The molecule has 3 aromatic carbocycles. The number of thiazole rings is 1. The molecule has 1 amide bonds. The molecule has 10 nitrogen and oxygen atoms in total. The highest BCUT2D eigenvalue weighted by molar-refractivity contribution is 7.15. The summed E-state index contributed by atoms with van der Waals surface area (Å²) in [6.45, 7) is 6.91. The lowest BCUT2D eigenvalue weighted by Gasteiger charge is -2.34. The lowest BCUT2D eigenvalue weighted by Crippen LogP contribution is -2.46. The maximum Gasteiger partial charge on any atom is 0.261 e. The average molecular weight is 695 g/mol. The number of aromatic nitrogens is 4. The number of imidazole rings is 1. The van der Waals surface area contributed by atoms with Gasteiger partial charge in [-0.3, -0.25) is 14.1 Å². The number of benzene rings is 3. The highest BCUT2D eigenvalue weighted by Crippen LogP contribution is 2.35. The maximum absolute atomic E-state index is 14.3. The molecular weight excluding hydrogens is 659 g/mol. The number of methoxy groups -OCH3 is 1. The van der Waals surface area contributed by atoms with Gasteiger partial charge in [0.2, 0.25) is 5.95 Å². The Hall–Kier alpha value is -5.08. The molecule has 1 fully saturated rings. The van der Waals surface area contributed by atoms with E-state index < -0.39 is 23.1 Å². The van der Waals surface area contributed by atoms with Gasteiger partial charge in [0, 0.05) is 87.7 Å². The summed E-state index contributed by atoms with van der Waals surface area (Å²) in [5.74, 6) is -2.30. The fraction of sp³-hybridized carbons (Fsp3) is 0.243. The molecule has 1 saturated heterocycles. The molecule has 2 N–H and O–H groups in total. The molecule has 7 rings (SSSR count). The Kier molecular flexibility index (Phi) is 10.2. The van der Waals surface area contributed by atoms with Crippen LogP contribution in [-0.2, 0) is 11.3 Å².